The molecule has 0 saturated carbocycles. The normalized spacial score (nSPS) is 14.7. The molecule has 0 radical (unpaired) electrons. The van der Waals surface area contributed by atoms with Gasteiger partial charge in [-0.3, -0.25) is 0 Å². The van der Waals surface area contributed by atoms with Crippen LogP contribution >= 0.6 is 12.2 Å². The van der Waals surface area contributed by atoms with Gasteiger partial charge in [0, 0.05) is 38.3 Å². The molecule has 1 fully saturated rings. The minimum absolute atomic E-state index is 0.852. The Labute approximate surface area is 161 Å². The Morgan fingerprint density at radius 3 is 2.31 bits per heavy atom. The van der Waals surface area contributed by atoms with Crippen LogP contribution in [-0.4, -0.2) is 36.1 Å². The topological polar surface area (TPSA) is 6.48 Å². The zero-order valence-corrected chi connectivity index (χ0v) is 16.0. The molecule has 0 unspecified atom stereocenters. The molecule has 1 aliphatic heterocycles. The van der Waals surface area contributed by atoms with E-state index in [1.165, 1.54) is 27.6 Å². The number of para-hydroxylation sites is 1. The van der Waals surface area contributed by atoms with Crippen molar-refractivity contribution in [2.75, 3.05) is 31.1 Å². The lowest BCUT2D eigenvalue weighted by atomic mass is 10.0. The fourth-order valence-corrected chi connectivity index (χ4v) is 4.10. The molecule has 1 aliphatic rings. The van der Waals surface area contributed by atoms with Gasteiger partial charge in [-0.15, -0.1) is 0 Å². The molecule has 2 nitrogen and oxygen atoms in total. The number of hydrogen-bond acceptors (Lipinski definition) is 2. The smallest absolute Gasteiger partial charge is 0.0824 e. The molecule has 132 valence electrons. The minimum atomic E-state index is 0.852. The lowest BCUT2D eigenvalue weighted by molar-refractivity contribution is 0.387. The third kappa shape index (κ3) is 3.58. The zero-order valence-electron chi connectivity index (χ0n) is 15.2. The van der Waals surface area contributed by atoms with Crippen molar-refractivity contribution in [2.24, 2.45) is 0 Å². The first kappa shape index (κ1) is 17.0. The largest absolute Gasteiger partial charge is 0.368 e. The monoisotopic (exact) mass is 360 g/mol. The molecule has 0 bridgehead atoms. The molecule has 4 rings (SSSR count). The molecule has 26 heavy (non-hydrogen) atoms. The quantitative estimate of drug-likeness (QED) is 0.617. The maximum Gasteiger partial charge on any atom is 0.0824 e. The summed E-state index contributed by atoms with van der Waals surface area (Å²) >= 11 is 5.77. The van der Waals surface area contributed by atoms with E-state index >= 15 is 0 Å². The van der Waals surface area contributed by atoms with Gasteiger partial charge in [-0.1, -0.05) is 72.9 Å². The number of piperazine rings is 1. The van der Waals surface area contributed by atoms with Gasteiger partial charge in [0.25, 0.3) is 0 Å². The van der Waals surface area contributed by atoms with Crippen molar-refractivity contribution in [1.29, 1.82) is 0 Å². The number of anilines is 1. The maximum absolute atomic E-state index is 5.77. The molecule has 0 spiro atoms. The van der Waals surface area contributed by atoms with Crippen LogP contribution in [0.3, 0.4) is 0 Å². The highest BCUT2D eigenvalue weighted by Gasteiger charge is 2.20. The van der Waals surface area contributed by atoms with Gasteiger partial charge in [0.2, 0.25) is 0 Å². The van der Waals surface area contributed by atoms with Gasteiger partial charge in [-0.05, 0) is 34.9 Å². The average molecular weight is 361 g/mol. The van der Waals surface area contributed by atoms with Crippen molar-refractivity contribution < 1.29 is 0 Å². The van der Waals surface area contributed by atoms with E-state index in [9.17, 15) is 0 Å². The van der Waals surface area contributed by atoms with E-state index in [1.807, 2.05) is 0 Å². The Hall–Kier alpha value is -2.39. The first-order valence-electron chi connectivity index (χ1n) is 9.27. The van der Waals surface area contributed by atoms with E-state index < -0.39 is 0 Å². The Balaban J connectivity index is 1.39. The molecule has 3 aromatic rings. The van der Waals surface area contributed by atoms with E-state index in [2.05, 4.69) is 83.5 Å². The zero-order chi connectivity index (χ0) is 17.9. The van der Waals surface area contributed by atoms with Crippen molar-refractivity contribution in [3.63, 3.8) is 0 Å². The number of nitrogens with zero attached hydrogens (tertiary/aromatic N) is 2. The highest BCUT2D eigenvalue weighted by atomic mass is 32.1. The third-order valence-corrected chi connectivity index (χ3v) is 5.66. The van der Waals surface area contributed by atoms with Gasteiger partial charge in [0.1, 0.15) is 0 Å². The third-order valence-electron chi connectivity index (χ3n) is 5.26. The second-order valence-corrected chi connectivity index (χ2v) is 7.48. The van der Waals surface area contributed by atoms with Crippen molar-refractivity contribution in [1.82, 2.24) is 4.90 Å². The summed E-state index contributed by atoms with van der Waals surface area (Å²) in [6.07, 6.45) is 0.852. The molecular weight excluding hydrogens is 336 g/mol. The molecule has 0 amide bonds. The molecule has 0 aromatic heterocycles. The lowest BCUT2D eigenvalue weighted by Gasteiger charge is -2.38. The summed E-state index contributed by atoms with van der Waals surface area (Å²) in [5.74, 6) is 0. The Bertz CT molecular complexity index is 926. The number of benzene rings is 3. The summed E-state index contributed by atoms with van der Waals surface area (Å²) in [5, 5.41) is 2.58. The van der Waals surface area contributed by atoms with Gasteiger partial charge >= 0.3 is 0 Å². The predicted octanol–water partition coefficient (Wildman–Crippen LogP) is 4.84. The Morgan fingerprint density at radius 2 is 1.54 bits per heavy atom. The molecule has 3 heteroatoms. The molecule has 1 heterocycles. The van der Waals surface area contributed by atoms with Crippen LogP contribution in [0.4, 0.5) is 5.69 Å². The molecule has 0 aliphatic carbocycles. The van der Waals surface area contributed by atoms with Crippen LogP contribution in [0.25, 0.3) is 10.8 Å². The fourth-order valence-electron chi connectivity index (χ4n) is 3.75. The van der Waals surface area contributed by atoms with Gasteiger partial charge in [0.05, 0.1) is 4.99 Å². The Kier molecular flexibility index (Phi) is 4.89. The first-order chi connectivity index (χ1) is 12.7. The fraction of sp³-hybridized carbons (Fsp3) is 0.261. The molecule has 1 saturated heterocycles. The summed E-state index contributed by atoms with van der Waals surface area (Å²) in [4.78, 5) is 5.91. The minimum Gasteiger partial charge on any atom is -0.368 e. The van der Waals surface area contributed by atoms with Crippen LogP contribution < -0.4 is 4.90 Å². The van der Waals surface area contributed by atoms with Crippen LogP contribution in [-0.2, 0) is 6.42 Å². The van der Waals surface area contributed by atoms with E-state index in [4.69, 9.17) is 12.2 Å². The number of aryl methyl sites for hydroxylation is 1. The van der Waals surface area contributed by atoms with Gasteiger partial charge < -0.3 is 9.80 Å². The highest BCUT2D eigenvalue weighted by molar-refractivity contribution is 7.80. The molecule has 0 N–H and O–H groups in total. The number of thiocarbonyl (C=S) groups is 1. The average Bonchev–Trinajstić information content (AvgIpc) is 2.68. The summed E-state index contributed by atoms with van der Waals surface area (Å²) in [6, 6.07) is 23.8. The molecule has 0 atom stereocenters. The predicted molar refractivity (Wildman–Crippen MR) is 115 cm³/mol. The van der Waals surface area contributed by atoms with Crippen LogP contribution in [0.2, 0.25) is 0 Å². The molecular formula is C23H24N2S. The Morgan fingerprint density at radius 1 is 0.846 bits per heavy atom. The lowest BCUT2D eigenvalue weighted by Crippen LogP contribution is -2.48. The van der Waals surface area contributed by atoms with E-state index in [1.54, 1.807) is 0 Å². The van der Waals surface area contributed by atoms with Crippen LogP contribution in [0.5, 0.6) is 0 Å². The van der Waals surface area contributed by atoms with Crippen LogP contribution in [0.1, 0.15) is 11.1 Å². The number of fused-ring (bicyclic) bond motifs is 1. The van der Waals surface area contributed by atoms with E-state index in [-0.39, 0.29) is 0 Å². The summed E-state index contributed by atoms with van der Waals surface area (Å²) < 4.78 is 0. The van der Waals surface area contributed by atoms with Gasteiger partial charge in [-0.2, -0.15) is 0 Å². The van der Waals surface area contributed by atoms with Crippen molar-refractivity contribution in [2.45, 2.75) is 13.3 Å². The van der Waals surface area contributed by atoms with Crippen molar-refractivity contribution in [3.05, 3.63) is 77.9 Å². The van der Waals surface area contributed by atoms with Crippen LogP contribution in [0.15, 0.2) is 66.7 Å². The molecule has 3 aromatic carbocycles. The SMILES string of the molecule is Cc1ccccc1N1CCN(C(=S)Cc2ccc3ccccc3c2)CC1. The van der Waals surface area contributed by atoms with Crippen LogP contribution in [0, 0.1) is 6.92 Å². The van der Waals surface area contributed by atoms with Crippen molar-refractivity contribution in [3.8, 4) is 0 Å². The second-order valence-electron chi connectivity index (χ2n) is 7.01. The van der Waals surface area contributed by atoms with Gasteiger partial charge in [-0.25, -0.2) is 0 Å². The number of hydrogen-bond donors (Lipinski definition) is 0. The summed E-state index contributed by atoms with van der Waals surface area (Å²) in [7, 11) is 0. The van der Waals surface area contributed by atoms with E-state index in [0.717, 1.165) is 37.6 Å². The first-order valence-corrected chi connectivity index (χ1v) is 9.67. The van der Waals surface area contributed by atoms with Gasteiger partial charge in [0.15, 0.2) is 0 Å². The summed E-state index contributed by atoms with van der Waals surface area (Å²) in [5.41, 5.74) is 4.00. The summed E-state index contributed by atoms with van der Waals surface area (Å²) in [6.45, 7) is 6.25. The highest BCUT2D eigenvalue weighted by Crippen LogP contribution is 2.22. The number of rotatable bonds is 3. The second kappa shape index (κ2) is 7.46. The standard InChI is InChI=1S/C23H24N2S/c1-18-6-2-5-9-22(18)24-12-14-25(15-13-24)23(26)17-19-10-11-20-7-3-4-8-21(20)16-19/h2-11,16H,12-15,17H2,1H3. The maximum atomic E-state index is 5.77. The van der Waals surface area contributed by atoms with E-state index in [0.29, 0.717) is 0 Å². The van der Waals surface area contributed by atoms with Crippen molar-refractivity contribution >= 4 is 33.7 Å².